The smallest absolute Gasteiger partial charge is 0.119 e. The summed E-state index contributed by atoms with van der Waals surface area (Å²) in [4.78, 5) is 2.48. The van der Waals surface area contributed by atoms with Crippen LogP contribution in [0.25, 0.3) is 0 Å². The van der Waals surface area contributed by atoms with Gasteiger partial charge in [0.1, 0.15) is 5.75 Å². The van der Waals surface area contributed by atoms with Crippen molar-refractivity contribution in [1.29, 1.82) is 0 Å². The van der Waals surface area contributed by atoms with Crippen LogP contribution in [0.5, 0.6) is 5.75 Å². The van der Waals surface area contributed by atoms with E-state index in [-0.39, 0.29) is 0 Å². The van der Waals surface area contributed by atoms with Crippen molar-refractivity contribution in [3.63, 3.8) is 0 Å². The van der Waals surface area contributed by atoms with Gasteiger partial charge >= 0.3 is 0 Å². The molecule has 110 valence electrons. The molecule has 0 amide bonds. The zero-order chi connectivity index (χ0) is 14.5. The molecule has 2 N–H and O–H groups in total. The summed E-state index contributed by atoms with van der Waals surface area (Å²) in [6.45, 7) is 2.94. The molecule has 0 aliphatic carbocycles. The third kappa shape index (κ3) is 3.48. The number of nitrogens with zero attached hydrogens (tertiary/aromatic N) is 1. The maximum atomic E-state index is 5.76. The molecule has 0 spiro atoms. The first kappa shape index (κ1) is 13.8. The van der Waals surface area contributed by atoms with E-state index in [2.05, 4.69) is 29.2 Å². The summed E-state index contributed by atoms with van der Waals surface area (Å²) in [5.41, 5.74) is 9.31. The van der Waals surface area contributed by atoms with Crippen LogP contribution in [-0.4, -0.2) is 19.7 Å². The third-order valence-electron chi connectivity index (χ3n) is 3.93. The van der Waals surface area contributed by atoms with Gasteiger partial charge in [0.05, 0.1) is 6.61 Å². The zero-order valence-corrected chi connectivity index (χ0v) is 12.3. The highest BCUT2D eigenvalue weighted by Crippen LogP contribution is 2.26. The molecule has 2 aromatic rings. The van der Waals surface area contributed by atoms with Crippen molar-refractivity contribution in [3.05, 3.63) is 54.1 Å². The number of hydrogen-bond donors (Lipinski definition) is 1. The average molecular weight is 282 g/mol. The molecule has 0 bridgehead atoms. The fraction of sp³-hybridized carbons (Fsp3) is 0.333. The molecule has 0 saturated heterocycles. The van der Waals surface area contributed by atoms with E-state index in [4.69, 9.17) is 10.5 Å². The predicted octanol–water partition coefficient (Wildman–Crippen LogP) is 3.49. The van der Waals surface area contributed by atoms with E-state index in [1.54, 1.807) is 0 Å². The van der Waals surface area contributed by atoms with Crippen LogP contribution < -0.4 is 15.4 Å². The number of nitrogens with two attached hydrogens (primary N) is 1. The quantitative estimate of drug-likeness (QED) is 0.674. The Morgan fingerprint density at radius 1 is 1.05 bits per heavy atom. The summed E-state index contributed by atoms with van der Waals surface area (Å²) in [6.07, 6.45) is 3.48. The summed E-state index contributed by atoms with van der Waals surface area (Å²) in [6, 6.07) is 16.3. The van der Waals surface area contributed by atoms with E-state index < -0.39 is 0 Å². The van der Waals surface area contributed by atoms with Crippen LogP contribution in [0.1, 0.15) is 18.4 Å². The van der Waals surface area contributed by atoms with Gasteiger partial charge in [-0.2, -0.15) is 0 Å². The van der Waals surface area contributed by atoms with Crippen molar-refractivity contribution in [2.75, 3.05) is 30.3 Å². The lowest BCUT2D eigenvalue weighted by molar-refractivity contribution is 0.311. The van der Waals surface area contributed by atoms with E-state index in [0.29, 0.717) is 0 Å². The molecule has 2 aromatic carbocycles. The molecule has 3 heteroatoms. The lowest BCUT2D eigenvalue weighted by Gasteiger charge is -2.31. The molecular weight excluding hydrogens is 260 g/mol. The summed E-state index contributed by atoms with van der Waals surface area (Å²) in [5, 5.41) is 0. The van der Waals surface area contributed by atoms with Gasteiger partial charge in [0.25, 0.3) is 0 Å². The summed E-state index contributed by atoms with van der Waals surface area (Å²) >= 11 is 0. The molecular formula is C18H22N2O. The Hall–Kier alpha value is -2.16. The Morgan fingerprint density at radius 3 is 2.71 bits per heavy atom. The molecule has 3 rings (SSSR count). The largest absolute Gasteiger partial charge is 0.494 e. The molecule has 3 nitrogen and oxygen atoms in total. The Kier molecular flexibility index (Phi) is 4.29. The third-order valence-corrected chi connectivity index (χ3v) is 3.93. The summed E-state index contributed by atoms with van der Waals surface area (Å²) < 4.78 is 5.76. The standard InChI is InChI=1S/C18H22N2O/c19-16-8-10-17(11-9-16)21-14-4-13-20-12-3-6-15-5-1-2-7-18(15)20/h1-2,5,7-11H,3-4,6,12-14,19H2. The fourth-order valence-corrected chi connectivity index (χ4v) is 2.85. The van der Waals surface area contributed by atoms with Gasteiger partial charge in [-0.3, -0.25) is 0 Å². The minimum atomic E-state index is 0.739. The second kappa shape index (κ2) is 6.53. The van der Waals surface area contributed by atoms with Gasteiger partial charge in [-0.1, -0.05) is 18.2 Å². The van der Waals surface area contributed by atoms with E-state index in [0.717, 1.165) is 37.6 Å². The van der Waals surface area contributed by atoms with Crippen LogP contribution in [-0.2, 0) is 6.42 Å². The maximum Gasteiger partial charge on any atom is 0.119 e. The number of nitrogen functional groups attached to an aromatic ring is 1. The van der Waals surface area contributed by atoms with Gasteiger partial charge in [-0.15, -0.1) is 0 Å². The Bertz CT molecular complexity index is 580. The van der Waals surface area contributed by atoms with Gasteiger partial charge in [0.15, 0.2) is 0 Å². The van der Waals surface area contributed by atoms with Crippen LogP contribution in [0.3, 0.4) is 0 Å². The van der Waals surface area contributed by atoms with Gasteiger partial charge in [-0.05, 0) is 55.2 Å². The Labute approximate surface area is 126 Å². The van der Waals surface area contributed by atoms with Crippen molar-refractivity contribution in [2.24, 2.45) is 0 Å². The highest BCUT2D eigenvalue weighted by Gasteiger charge is 2.15. The van der Waals surface area contributed by atoms with Crippen LogP contribution in [0, 0.1) is 0 Å². The molecule has 1 aliphatic heterocycles. The molecule has 0 radical (unpaired) electrons. The van der Waals surface area contributed by atoms with E-state index in [9.17, 15) is 0 Å². The molecule has 0 atom stereocenters. The predicted molar refractivity (Wildman–Crippen MR) is 87.9 cm³/mol. The number of anilines is 2. The second-order valence-corrected chi connectivity index (χ2v) is 5.49. The van der Waals surface area contributed by atoms with Gasteiger partial charge < -0.3 is 15.4 Å². The Balaban J connectivity index is 1.49. The monoisotopic (exact) mass is 282 g/mol. The lowest BCUT2D eigenvalue weighted by Crippen LogP contribution is -2.31. The average Bonchev–Trinajstić information content (AvgIpc) is 2.53. The first-order valence-electron chi connectivity index (χ1n) is 7.64. The molecule has 1 heterocycles. The highest BCUT2D eigenvalue weighted by atomic mass is 16.5. The number of para-hydroxylation sites is 1. The number of rotatable bonds is 5. The maximum absolute atomic E-state index is 5.76. The van der Waals surface area contributed by atoms with Crippen molar-refractivity contribution in [3.8, 4) is 5.75 Å². The SMILES string of the molecule is Nc1ccc(OCCCN2CCCc3ccccc32)cc1. The number of hydrogen-bond acceptors (Lipinski definition) is 3. The Morgan fingerprint density at radius 2 is 1.86 bits per heavy atom. The molecule has 0 unspecified atom stereocenters. The zero-order valence-electron chi connectivity index (χ0n) is 12.3. The van der Waals surface area contributed by atoms with Crippen molar-refractivity contribution < 1.29 is 4.74 Å². The molecule has 0 aromatic heterocycles. The molecule has 1 aliphatic rings. The van der Waals surface area contributed by atoms with Crippen molar-refractivity contribution >= 4 is 11.4 Å². The first-order chi connectivity index (χ1) is 10.3. The van der Waals surface area contributed by atoms with E-state index >= 15 is 0 Å². The minimum Gasteiger partial charge on any atom is -0.494 e. The molecule has 21 heavy (non-hydrogen) atoms. The van der Waals surface area contributed by atoms with E-state index in [1.807, 2.05) is 24.3 Å². The van der Waals surface area contributed by atoms with Crippen LogP contribution in [0.15, 0.2) is 48.5 Å². The highest BCUT2D eigenvalue weighted by molar-refractivity contribution is 5.55. The number of benzene rings is 2. The van der Waals surface area contributed by atoms with Crippen LogP contribution in [0.4, 0.5) is 11.4 Å². The van der Waals surface area contributed by atoms with Gasteiger partial charge in [0.2, 0.25) is 0 Å². The molecule has 0 saturated carbocycles. The first-order valence-corrected chi connectivity index (χ1v) is 7.64. The lowest BCUT2D eigenvalue weighted by atomic mass is 10.0. The van der Waals surface area contributed by atoms with Gasteiger partial charge in [0, 0.05) is 24.5 Å². The van der Waals surface area contributed by atoms with Crippen LogP contribution in [0.2, 0.25) is 0 Å². The fourth-order valence-electron chi connectivity index (χ4n) is 2.85. The van der Waals surface area contributed by atoms with Crippen molar-refractivity contribution in [1.82, 2.24) is 0 Å². The summed E-state index contributed by atoms with van der Waals surface area (Å²) in [5.74, 6) is 0.892. The van der Waals surface area contributed by atoms with E-state index in [1.165, 1.54) is 24.1 Å². The second-order valence-electron chi connectivity index (χ2n) is 5.49. The van der Waals surface area contributed by atoms with Gasteiger partial charge in [-0.25, -0.2) is 0 Å². The topological polar surface area (TPSA) is 38.5 Å². The molecule has 0 fully saturated rings. The number of ether oxygens (including phenoxy) is 1. The summed E-state index contributed by atoms with van der Waals surface area (Å²) in [7, 11) is 0. The number of aryl methyl sites for hydroxylation is 1. The normalized spacial score (nSPS) is 13.8. The number of fused-ring (bicyclic) bond motifs is 1. The van der Waals surface area contributed by atoms with Crippen LogP contribution >= 0.6 is 0 Å². The minimum absolute atomic E-state index is 0.739. The van der Waals surface area contributed by atoms with Crippen molar-refractivity contribution in [2.45, 2.75) is 19.3 Å².